The summed E-state index contributed by atoms with van der Waals surface area (Å²) >= 11 is 0. The Morgan fingerprint density at radius 3 is 2.38 bits per heavy atom. The van der Waals surface area contributed by atoms with Gasteiger partial charge in [-0.15, -0.1) is 0 Å². The lowest BCUT2D eigenvalue weighted by molar-refractivity contribution is -0.187. The van der Waals surface area contributed by atoms with Crippen LogP contribution in [0.25, 0.3) is 0 Å². The van der Waals surface area contributed by atoms with Crippen LogP contribution in [0.15, 0.2) is 0 Å². The van der Waals surface area contributed by atoms with Crippen LogP contribution in [0, 0.1) is 0 Å². The first kappa shape index (κ1) is 15.6. The van der Waals surface area contributed by atoms with Crippen molar-refractivity contribution in [2.45, 2.75) is 18.6 Å². The minimum atomic E-state index is -4.33. The molecule has 0 aromatic rings. The summed E-state index contributed by atoms with van der Waals surface area (Å²) in [5.41, 5.74) is 5.17. The van der Waals surface area contributed by atoms with E-state index in [-0.39, 0.29) is 39.3 Å². The number of ether oxygens (including phenoxy) is 1. The predicted octanol–water partition coefficient (Wildman–Crippen LogP) is 0.207. The molecule has 0 aliphatic rings. The van der Waals surface area contributed by atoms with Crippen LogP contribution in [-0.4, -0.2) is 62.2 Å². The molecule has 7 heteroatoms. The second kappa shape index (κ2) is 7.83. The number of nitrogens with two attached hydrogens (primary N) is 1. The highest BCUT2D eigenvalue weighted by molar-refractivity contribution is 4.79. The van der Waals surface area contributed by atoms with E-state index < -0.39 is 12.2 Å². The Hall–Kier alpha value is -0.370. The van der Waals surface area contributed by atoms with Crippen molar-refractivity contribution in [3.8, 4) is 0 Å². The number of methoxy groups -OCH3 is 1. The zero-order valence-electron chi connectivity index (χ0n) is 9.33. The summed E-state index contributed by atoms with van der Waals surface area (Å²) in [6.45, 7) is -0.0775. The number of rotatable bonds is 8. The van der Waals surface area contributed by atoms with E-state index in [0.29, 0.717) is 0 Å². The van der Waals surface area contributed by atoms with Gasteiger partial charge < -0.3 is 15.6 Å². The minimum absolute atomic E-state index is 0.0342. The number of hydrogen-bond acceptors (Lipinski definition) is 4. The SMILES string of the molecule is COCCN(CCO)C(CCN)C(F)(F)F. The summed E-state index contributed by atoms with van der Waals surface area (Å²) in [4.78, 5) is 1.15. The van der Waals surface area contributed by atoms with E-state index in [0.717, 1.165) is 4.90 Å². The smallest absolute Gasteiger partial charge is 0.395 e. The highest BCUT2D eigenvalue weighted by Gasteiger charge is 2.42. The molecule has 98 valence electrons. The molecule has 1 atom stereocenters. The van der Waals surface area contributed by atoms with Gasteiger partial charge in [0.1, 0.15) is 6.04 Å². The molecule has 0 saturated heterocycles. The summed E-state index contributed by atoms with van der Waals surface area (Å²) < 4.78 is 42.8. The average molecular weight is 244 g/mol. The van der Waals surface area contributed by atoms with Gasteiger partial charge in [-0.1, -0.05) is 0 Å². The minimum Gasteiger partial charge on any atom is -0.395 e. The van der Waals surface area contributed by atoms with Crippen LogP contribution in [0.4, 0.5) is 13.2 Å². The monoisotopic (exact) mass is 244 g/mol. The number of halogens is 3. The third-order valence-corrected chi connectivity index (χ3v) is 2.23. The van der Waals surface area contributed by atoms with Crippen molar-refractivity contribution in [2.24, 2.45) is 5.73 Å². The van der Waals surface area contributed by atoms with Crippen LogP contribution in [0.2, 0.25) is 0 Å². The normalized spacial score (nSPS) is 14.4. The van der Waals surface area contributed by atoms with Crippen molar-refractivity contribution >= 4 is 0 Å². The fourth-order valence-corrected chi connectivity index (χ4v) is 1.47. The Morgan fingerprint density at radius 2 is 2.00 bits per heavy atom. The summed E-state index contributed by atoms with van der Waals surface area (Å²) in [5.74, 6) is 0. The van der Waals surface area contributed by atoms with Crippen LogP contribution < -0.4 is 5.73 Å². The second-order valence-corrected chi connectivity index (χ2v) is 3.39. The van der Waals surface area contributed by atoms with Gasteiger partial charge in [-0.2, -0.15) is 13.2 Å². The quantitative estimate of drug-likeness (QED) is 0.640. The van der Waals surface area contributed by atoms with E-state index in [1.165, 1.54) is 7.11 Å². The topological polar surface area (TPSA) is 58.7 Å². The molecular weight excluding hydrogens is 225 g/mol. The molecule has 0 bridgehead atoms. The standard InChI is InChI=1S/C9H19F3N2O2/c1-16-7-5-14(4-6-15)8(2-3-13)9(10,11)12/h8,15H,2-7,13H2,1H3. The van der Waals surface area contributed by atoms with Gasteiger partial charge in [-0.25, -0.2) is 0 Å². The number of alkyl halides is 3. The first-order valence-corrected chi connectivity index (χ1v) is 5.08. The second-order valence-electron chi connectivity index (χ2n) is 3.39. The molecule has 0 spiro atoms. The van der Waals surface area contributed by atoms with Gasteiger partial charge in [0.2, 0.25) is 0 Å². The van der Waals surface area contributed by atoms with Crippen LogP contribution >= 0.6 is 0 Å². The van der Waals surface area contributed by atoms with Gasteiger partial charge in [0.15, 0.2) is 0 Å². The lowest BCUT2D eigenvalue weighted by atomic mass is 10.1. The molecule has 0 heterocycles. The molecule has 0 aliphatic carbocycles. The predicted molar refractivity (Wildman–Crippen MR) is 54.0 cm³/mol. The fourth-order valence-electron chi connectivity index (χ4n) is 1.47. The van der Waals surface area contributed by atoms with E-state index in [2.05, 4.69) is 0 Å². The lowest BCUT2D eigenvalue weighted by Gasteiger charge is -2.32. The molecule has 0 amide bonds. The molecular formula is C9H19F3N2O2. The summed E-state index contributed by atoms with van der Waals surface area (Å²) in [7, 11) is 1.42. The maximum Gasteiger partial charge on any atom is 0.404 e. The van der Waals surface area contributed by atoms with Crippen LogP contribution in [0.5, 0.6) is 0 Å². The lowest BCUT2D eigenvalue weighted by Crippen LogP contribution is -2.49. The zero-order chi connectivity index (χ0) is 12.6. The summed E-state index contributed by atoms with van der Waals surface area (Å²) in [6.07, 6.45) is -4.50. The Bertz CT molecular complexity index is 179. The molecule has 0 rings (SSSR count). The molecule has 4 nitrogen and oxygen atoms in total. The maximum absolute atomic E-state index is 12.7. The average Bonchev–Trinajstić information content (AvgIpc) is 2.19. The first-order valence-electron chi connectivity index (χ1n) is 5.08. The van der Waals surface area contributed by atoms with E-state index in [1.807, 2.05) is 0 Å². The van der Waals surface area contributed by atoms with Gasteiger partial charge in [-0.05, 0) is 13.0 Å². The summed E-state index contributed by atoms with van der Waals surface area (Å²) in [5, 5.41) is 8.74. The Kier molecular flexibility index (Phi) is 7.65. The molecule has 16 heavy (non-hydrogen) atoms. The third kappa shape index (κ3) is 5.64. The van der Waals surface area contributed by atoms with Crippen LogP contribution in [0.3, 0.4) is 0 Å². The van der Waals surface area contributed by atoms with Crippen molar-refractivity contribution in [2.75, 3.05) is 40.0 Å². The molecule has 0 saturated carbocycles. The number of nitrogens with zero attached hydrogens (tertiary/aromatic N) is 1. The van der Waals surface area contributed by atoms with Gasteiger partial charge in [-0.3, -0.25) is 4.90 Å². The zero-order valence-corrected chi connectivity index (χ0v) is 9.33. The largest absolute Gasteiger partial charge is 0.404 e. The van der Waals surface area contributed by atoms with Gasteiger partial charge >= 0.3 is 6.18 Å². The van der Waals surface area contributed by atoms with E-state index >= 15 is 0 Å². The van der Waals surface area contributed by atoms with Gasteiger partial charge in [0.25, 0.3) is 0 Å². The first-order chi connectivity index (χ1) is 7.47. The Balaban J connectivity index is 4.51. The molecule has 0 radical (unpaired) electrons. The van der Waals surface area contributed by atoms with E-state index in [1.54, 1.807) is 0 Å². The van der Waals surface area contributed by atoms with E-state index in [9.17, 15) is 13.2 Å². The van der Waals surface area contributed by atoms with Crippen molar-refractivity contribution in [1.29, 1.82) is 0 Å². The van der Waals surface area contributed by atoms with Crippen LogP contribution in [-0.2, 0) is 4.74 Å². The molecule has 0 aliphatic heterocycles. The molecule has 1 unspecified atom stereocenters. The number of aliphatic hydroxyl groups excluding tert-OH is 1. The number of aliphatic hydroxyl groups is 1. The Morgan fingerprint density at radius 1 is 1.38 bits per heavy atom. The van der Waals surface area contributed by atoms with Crippen molar-refractivity contribution in [3.05, 3.63) is 0 Å². The molecule has 0 fully saturated rings. The van der Waals surface area contributed by atoms with Crippen LogP contribution in [0.1, 0.15) is 6.42 Å². The van der Waals surface area contributed by atoms with Gasteiger partial charge in [0.05, 0.1) is 13.2 Å². The fraction of sp³-hybridized carbons (Fsp3) is 1.00. The van der Waals surface area contributed by atoms with E-state index in [4.69, 9.17) is 15.6 Å². The summed E-state index contributed by atoms with van der Waals surface area (Å²) in [6, 6.07) is -1.61. The Labute approximate surface area is 93.2 Å². The highest BCUT2D eigenvalue weighted by atomic mass is 19.4. The molecule has 0 aromatic carbocycles. The highest BCUT2D eigenvalue weighted by Crippen LogP contribution is 2.26. The molecule has 0 aromatic heterocycles. The van der Waals surface area contributed by atoms with Crippen molar-refractivity contribution < 1.29 is 23.0 Å². The number of hydrogen-bond donors (Lipinski definition) is 2. The third-order valence-electron chi connectivity index (χ3n) is 2.23. The van der Waals surface area contributed by atoms with Crippen molar-refractivity contribution in [3.63, 3.8) is 0 Å². The molecule has 3 N–H and O–H groups in total. The maximum atomic E-state index is 12.7. The van der Waals surface area contributed by atoms with Crippen molar-refractivity contribution in [1.82, 2.24) is 4.90 Å². The van der Waals surface area contributed by atoms with Gasteiger partial charge in [0, 0.05) is 20.2 Å².